The molecule has 1 aliphatic carbocycles. The molecule has 4 nitrogen and oxygen atoms in total. The molecule has 0 saturated carbocycles. The smallest absolute Gasteiger partial charge is 0.270 e. The second kappa shape index (κ2) is 5.04. The van der Waals surface area contributed by atoms with E-state index in [-0.39, 0.29) is 11.9 Å². The lowest BCUT2D eigenvalue weighted by molar-refractivity contribution is 0.0931. The standard InChI is InChI=1S/C16H17N3O/c1-10-4-3-5-13-12(10)6-7-14(13)19-16(20)15-8-9-17-11(2)18-15/h3-5,8-9,14H,6-7H2,1-2H3,(H,19,20). The number of amides is 1. The summed E-state index contributed by atoms with van der Waals surface area (Å²) in [5.74, 6) is 0.482. The van der Waals surface area contributed by atoms with Crippen molar-refractivity contribution in [2.75, 3.05) is 0 Å². The average molecular weight is 267 g/mol. The van der Waals surface area contributed by atoms with E-state index in [0.29, 0.717) is 11.5 Å². The van der Waals surface area contributed by atoms with Crippen LogP contribution >= 0.6 is 0 Å². The van der Waals surface area contributed by atoms with Crippen LogP contribution in [0.4, 0.5) is 0 Å². The third-order valence-corrected chi connectivity index (χ3v) is 3.82. The molecule has 1 aromatic heterocycles. The summed E-state index contributed by atoms with van der Waals surface area (Å²) >= 11 is 0. The van der Waals surface area contributed by atoms with Gasteiger partial charge in [0, 0.05) is 6.20 Å². The summed E-state index contributed by atoms with van der Waals surface area (Å²) in [6.45, 7) is 3.90. The van der Waals surface area contributed by atoms with Crippen molar-refractivity contribution < 1.29 is 4.79 Å². The minimum atomic E-state index is -0.130. The van der Waals surface area contributed by atoms with Crippen LogP contribution < -0.4 is 5.32 Å². The number of rotatable bonds is 2. The maximum atomic E-state index is 12.2. The molecule has 1 amide bonds. The molecule has 0 bridgehead atoms. The second-order valence-corrected chi connectivity index (χ2v) is 5.20. The predicted molar refractivity (Wildman–Crippen MR) is 76.5 cm³/mol. The molecule has 1 aromatic carbocycles. The molecular weight excluding hydrogens is 250 g/mol. The highest BCUT2D eigenvalue weighted by Gasteiger charge is 2.25. The first-order valence-electron chi connectivity index (χ1n) is 6.84. The lowest BCUT2D eigenvalue weighted by Crippen LogP contribution is -2.28. The van der Waals surface area contributed by atoms with Crippen LogP contribution in [0.1, 0.15) is 45.5 Å². The van der Waals surface area contributed by atoms with E-state index in [1.165, 1.54) is 16.7 Å². The van der Waals surface area contributed by atoms with Gasteiger partial charge < -0.3 is 5.32 Å². The van der Waals surface area contributed by atoms with Crippen molar-refractivity contribution in [3.8, 4) is 0 Å². The molecule has 0 saturated heterocycles. The van der Waals surface area contributed by atoms with Gasteiger partial charge in [0.05, 0.1) is 6.04 Å². The molecule has 0 aliphatic heterocycles. The Morgan fingerprint density at radius 3 is 2.95 bits per heavy atom. The quantitative estimate of drug-likeness (QED) is 0.909. The van der Waals surface area contributed by atoms with Crippen molar-refractivity contribution in [3.05, 3.63) is 58.7 Å². The molecule has 1 N–H and O–H groups in total. The number of aryl methyl sites for hydroxylation is 2. The number of fused-ring (bicyclic) bond motifs is 1. The van der Waals surface area contributed by atoms with Gasteiger partial charge in [-0.15, -0.1) is 0 Å². The van der Waals surface area contributed by atoms with Crippen molar-refractivity contribution >= 4 is 5.91 Å². The van der Waals surface area contributed by atoms with E-state index < -0.39 is 0 Å². The van der Waals surface area contributed by atoms with Crippen LogP contribution in [0, 0.1) is 13.8 Å². The maximum absolute atomic E-state index is 12.2. The van der Waals surface area contributed by atoms with E-state index in [1.807, 2.05) is 6.07 Å². The molecule has 1 heterocycles. The average Bonchev–Trinajstić information content (AvgIpc) is 2.83. The first-order valence-corrected chi connectivity index (χ1v) is 6.84. The highest BCUT2D eigenvalue weighted by Crippen LogP contribution is 2.33. The van der Waals surface area contributed by atoms with E-state index >= 15 is 0 Å². The number of carbonyl (C=O) groups excluding carboxylic acids is 1. The van der Waals surface area contributed by atoms with Gasteiger partial charge in [0.25, 0.3) is 5.91 Å². The molecule has 3 rings (SSSR count). The van der Waals surface area contributed by atoms with Crippen molar-refractivity contribution in [3.63, 3.8) is 0 Å². The number of nitrogens with zero attached hydrogens (tertiary/aromatic N) is 2. The molecule has 0 spiro atoms. The van der Waals surface area contributed by atoms with Crippen LogP contribution in [0.3, 0.4) is 0 Å². The zero-order chi connectivity index (χ0) is 14.1. The zero-order valence-electron chi connectivity index (χ0n) is 11.7. The SMILES string of the molecule is Cc1nccc(C(=O)NC2CCc3c(C)cccc32)n1. The lowest BCUT2D eigenvalue weighted by Gasteiger charge is -2.14. The second-order valence-electron chi connectivity index (χ2n) is 5.20. The van der Waals surface area contributed by atoms with Gasteiger partial charge in [0.2, 0.25) is 0 Å². The van der Waals surface area contributed by atoms with Crippen LogP contribution in [0.15, 0.2) is 30.5 Å². The fourth-order valence-electron chi connectivity index (χ4n) is 2.80. The molecule has 1 unspecified atom stereocenters. The Morgan fingerprint density at radius 2 is 2.15 bits per heavy atom. The van der Waals surface area contributed by atoms with Crippen molar-refractivity contribution in [2.45, 2.75) is 32.7 Å². The fourth-order valence-corrected chi connectivity index (χ4v) is 2.80. The summed E-state index contributed by atoms with van der Waals surface area (Å²) in [5.41, 5.74) is 4.34. The Labute approximate surface area is 118 Å². The Kier molecular flexibility index (Phi) is 3.22. The molecule has 0 radical (unpaired) electrons. The van der Waals surface area contributed by atoms with E-state index in [0.717, 1.165) is 12.8 Å². The van der Waals surface area contributed by atoms with Gasteiger partial charge in [-0.25, -0.2) is 9.97 Å². The third-order valence-electron chi connectivity index (χ3n) is 3.82. The molecule has 1 aliphatic rings. The van der Waals surface area contributed by atoms with E-state index in [9.17, 15) is 4.79 Å². The largest absolute Gasteiger partial charge is 0.344 e. The summed E-state index contributed by atoms with van der Waals surface area (Å²) in [5, 5.41) is 3.08. The van der Waals surface area contributed by atoms with Gasteiger partial charge in [0.1, 0.15) is 11.5 Å². The Morgan fingerprint density at radius 1 is 1.30 bits per heavy atom. The van der Waals surface area contributed by atoms with Gasteiger partial charge in [-0.3, -0.25) is 4.79 Å². The lowest BCUT2D eigenvalue weighted by atomic mass is 10.0. The highest BCUT2D eigenvalue weighted by molar-refractivity contribution is 5.92. The summed E-state index contributed by atoms with van der Waals surface area (Å²) in [6, 6.07) is 8.01. The van der Waals surface area contributed by atoms with Crippen LogP contribution in [0.25, 0.3) is 0 Å². The summed E-state index contributed by atoms with van der Waals surface area (Å²) in [4.78, 5) is 20.4. The number of carbonyl (C=O) groups is 1. The van der Waals surface area contributed by atoms with Gasteiger partial charge in [0.15, 0.2) is 0 Å². The molecule has 0 fully saturated rings. The monoisotopic (exact) mass is 267 g/mol. The number of hydrogen-bond donors (Lipinski definition) is 1. The Hall–Kier alpha value is -2.23. The molecule has 2 aromatic rings. The van der Waals surface area contributed by atoms with Crippen LogP contribution in [0.2, 0.25) is 0 Å². The molecule has 20 heavy (non-hydrogen) atoms. The molecular formula is C16H17N3O. The minimum absolute atomic E-state index is 0.0904. The van der Waals surface area contributed by atoms with Crippen LogP contribution in [0.5, 0.6) is 0 Å². The number of aromatic nitrogens is 2. The first-order chi connectivity index (χ1) is 9.65. The van der Waals surface area contributed by atoms with Crippen molar-refractivity contribution in [1.82, 2.24) is 15.3 Å². The predicted octanol–water partition coefficient (Wildman–Crippen LogP) is 2.51. The number of benzene rings is 1. The Bertz CT molecular complexity index is 667. The van der Waals surface area contributed by atoms with Crippen LogP contribution in [-0.4, -0.2) is 15.9 Å². The van der Waals surface area contributed by atoms with Gasteiger partial charge in [-0.1, -0.05) is 18.2 Å². The van der Waals surface area contributed by atoms with Crippen molar-refractivity contribution in [1.29, 1.82) is 0 Å². The first kappa shape index (κ1) is 12.8. The summed E-state index contributed by atoms with van der Waals surface area (Å²) < 4.78 is 0. The minimum Gasteiger partial charge on any atom is -0.344 e. The number of nitrogens with one attached hydrogen (secondary N) is 1. The summed E-state index contributed by atoms with van der Waals surface area (Å²) in [6.07, 6.45) is 3.59. The molecule has 102 valence electrons. The van der Waals surface area contributed by atoms with E-state index in [1.54, 1.807) is 19.2 Å². The summed E-state index contributed by atoms with van der Waals surface area (Å²) in [7, 11) is 0. The van der Waals surface area contributed by atoms with E-state index in [4.69, 9.17) is 0 Å². The fraction of sp³-hybridized carbons (Fsp3) is 0.312. The Balaban J connectivity index is 1.81. The number of hydrogen-bond acceptors (Lipinski definition) is 3. The maximum Gasteiger partial charge on any atom is 0.270 e. The third kappa shape index (κ3) is 2.29. The van der Waals surface area contributed by atoms with Crippen LogP contribution in [-0.2, 0) is 6.42 Å². The topological polar surface area (TPSA) is 54.9 Å². The molecule has 1 atom stereocenters. The van der Waals surface area contributed by atoms with Gasteiger partial charge >= 0.3 is 0 Å². The normalized spacial score (nSPS) is 16.8. The zero-order valence-corrected chi connectivity index (χ0v) is 11.7. The van der Waals surface area contributed by atoms with Gasteiger partial charge in [-0.05, 0) is 49.4 Å². The van der Waals surface area contributed by atoms with Crippen molar-refractivity contribution in [2.24, 2.45) is 0 Å². The van der Waals surface area contributed by atoms with E-state index in [2.05, 4.69) is 34.3 Å². The van der Waals surface area contributed by atoms with Gasteiger partial charge in [-0.2, -0.15) is 0 Å². The molecule has 4 heteroatoms. The highest BCUT2D eigenvalue weighted by atomic mass is 16.1.